The number of nitrogens with zero attached hydrogens (tertiary/aromatic N) is 2. The highest BCUT2D eigenvalue weighted by atomic mass is 16.7. The molecule has 1 saturated carbocycles. The number of aryl methyl sites for hydroxylation is 1. The molecule has 1 aliphatic carbocycles. The Kier molecular flexibility index (Phi) is 9.96. The Hall–Kier alpha value is -3.64. The van der Waals surface area contributed by atoms with Gasteiger partial charge >= 0.3 is 0 Å². The summed E-state index contributed by atoms with van der Waals surface area (Å²) in [5.41, 5.74) is 7.24. The van der Waals surface area contributed by atoms with Crippen molar-refractivity contribution < 1.29 is 18.9 Å². The molecule has 0 aromatic heterocycles. The second-order valence-corrected chi connectivity index (χ2v) is 12.3. The predicted octanol–water partition coefficient (Wildman–Crippen LogP) is 8.36. The maximum Gasteiger partial charge on any atom is 0.231 e. The monoisotopic (exact) mass is 596 g/mol. The number of unbranched alkanes of at least 4 members (excludes halogenated alkanes) is 1. The summed E-state index contributed by atoms with van der Waals surface area (Å²) in [5.74, 6) is 3.75. The number of ether oxygens (including phenoxy) is 4. The summed E-state index contributed by atoms with van der Waals surface area (Å²) in [5, 5.41) is 0. The Labute approximate surface area is 263 Å². The number of methoxy groups -OCH3 is 1. The zero-order valence-electron chi connectivity index (χ0n) is 26.7. The molecule has 2 atom stereocenters. The van der Waals surface area contributed by atoms with Crippen LogP contribution in [0.15, 0.2) is 78.0 Å². The van der Waals surface area contributed by atoms with Gasteiger partial charge < -0.3 is 23.8 Å². The van der Waals surface area contributed by atoms with E-state index in [-0.39, 0.29) is 0 Å². The van der Waals surface area contributed by atoms with Crippen LogP contribution in [0, 0.1) is 0 Å². The van der Waals surface area contributed by atoms with E-state index in [9.17, 15) is 0 Å². The molecule has 0 N–H and O–H groups in total. The first kappa shape index (κ1) is 30.4. The lowest BCUT2D eigenvalue weighted by molar-refractivity contribution is 0.174. The topological polar surface area (TPSA) is 43.4 Å². The fraction of sp³-hybridized carbons (Fsp3) is 0.474. The summed E-state index contributed by atoms with van der Waals surface area (Å²) in [6, 6.07) is 24.1. The zero-order chi connectivity index (χ0) is 30.3. The maximum absolute atomic E-state index is 6.31. The van der Waals surface area contributed by atoms with Gasteiger partial charge in [-0.2, -0.15) is 0 Å². The van der Waals surface area contributed by atoms with E-state index >= 15 is 0 Å². The first-order chi connectivity index (χ1) is 21.7. The third-order valence-electron chi connectivity index (χ3n) is 9.58. The fourth-order valence-corrected chi connectivity index (χ4v) is 6.83. The van der Waals surface area contributed by atoms with Crippen LogP contribution in [0.5, 0.6) is 23.0 Å². The van der Waals surface area contributed by atoms with Gasteiger partial charge in [0.25, 0.3) is 0 Å². The number of allylic oxidation sites excluding steroid dienone is 1. The van der Waals surface area contributed by atoms with E-state index in [0.29, 0.717) is 25.4 Å². The average molecular weight is 597 g/mol. The number of fused-ring (bicyclic) bond motifs is 1. The SMILES string of the molecule is CCCCN(C(CN1CC(c2ccc3c(c2)OCO3)CC1CCOc1ccccc1OC)=C1CCC1)c1cccc(CC)c1. The van der Waals surface area contributed by atoms with Gasteiger partial charge in [0.2, 0.25) is 6.79 Å². The zero-order valence-corrected chi connectivity index (χ0v) is 26.7. The molecule has 2 aliphatic heterocycles. The van der Waals surface area contributed by atoms with Gasteiger partial charge in [0.1, 0.15) is 0 Å². The molecule has 3 aromatic rings. The van der Waals surface area contributed by atoms with Crippen molar-refractivity contribution in [3.63, 3.8) is 0 Å². The van der Waals surface area contributed by atoms with Crippen LogP contribution in [0.25, 0.3) is 0 Å². The van der Waals surface area contributed by atoms with E-state index < -0.39 is 0 Å². The summed E-state index contributed by atoms with van der Waals surface area (Å²) in [7, 11) is 1.70. The first-order valence-electron chi connectivity index (χ1n) is 16.6. The molecule has 6 rings (SSSR count). The van der Waals surface area contributed by atoms with Gasteiger partial charge in [-0.1, -0.05) is 50.6 Å². The van der Waals surface area contributed by atoms with Crippen molar-refractivity contribution in [3.8, 4) is 23.0 Å². The number of rotatable bonds is 14. The molecule has 6 heteroatoms. The van der Waals surface area contributed by atoms with Crippen molar-refractivity contribution in [1.82, 2.24) is 4.90 Å². The van der Waals surface area contributed by atoms with Gasteiger partial charge in [-0.3, -0.25) is 4.90 Å². The highest BCUT2D eigenvalue weighted by Gasteiger charge is 2.35. The number of hydrogen-bond acceptors (Lipinski definition) is 6. The number of hydrogen-bond donors (Lipinski definition) is 0. The normalized spacial score (nSPS) is 19.1. The molecule has 3 aliphatic rings. The fourth-order valence-electron chi connectivity index (χ4n) is 6.83. The minimum absolute atomic E-state index is 0.308. The maximum atomic E-state index is 6.31. The van der Waals surface area contributed by atoms with Crippen LogP contribution in [-0.2, 0) is 6.42 Å². The van der Waals surface area contributed by atoms with E-state index in [0.717, 1.165) is 61.9 Å². The van der Waals surface area contributed by atoms with Gasteiger partial charge in [0.15, 0.2) is 23.0 Å². The van der Waals surface area contributed by atoms with Crippen LogP contribution in [0.2, 0.25) is 0 Å². The van der Waals surface area contributed by atoms with Gasteiger partial charge in [0, 0.05) is 37.1 Å². The Bertz CT molecular complexity index is 1430. The number of para-hydroxylation sites is 2. The Morgan fingerprint density at radius 3 is 2.57 bits per heavy atom. The molecule has 0 bridgehead atoms. The van der Waals surface area contributed by atoms with E-state index in [1.807, 2.05) is 24.3 Å². The lowest BCUT2D eigenvalue weighted by Gasteiger charge is -2.37. The van der Waals surface area contributed by atoms with E-state index in [2.05, 4.69) is 66.1 Å². The number of anilines is 1. The molecule has 0 spiro atoms. The molecule has 0 radical (unpaired) electrons. The van der Waals surface area contributed by atoms with Gasteiger partial charge in [-0.05, 0) is 104 Å². The molecular weight excluding hydrogens is 548 g/mol. The van der Waals surface area contributed by atoms with Crippen LogP contribution >= 0.6 is 0 Å². The lowest BCUT2D eigenvalue weighted by Crippen LogP contribution is -2.39. The number of likely N-dealkylation sites (tertiary alicyclic amines) is 1. The van der Waals surface area contributed by atoms with Crippen LogP contribution in [0.1, 0.15) is 75.8 Å². The van der Waals surface area contributed by atoms with Crippen LogP contribution in [-0.4, -0.2) is 51.1 Å². The van der Waals surface area contributed by atoms with Crippen molar-refractivity contribution in [2.45, 2.75) is 77.2 Å². The Morgan fingerprint density at radius 1 is 0.955 bits per heavy atom. The highest BCUT2D eigenvalue weighted by Crippen LogP contribution is 2.41. The van der Waals surface area contributed by atoms with Crippen molar-refractivity contribution >= 4 is 5.69 Å². The van der Waals surface area contributed by atoms with Crippen LogP contribution < -0.4 is 23.8 Å². The third-order valence-corrected chi connectivity index (χ3v) is 9.58. The van der Waals surface area contributed by atoms with Crippen molar-refractivity contribution in [2.75, 3.05) is 45.0 Å². The van der Waals surface area contributed by atoms with E-state index in [1.165, 1.54) is 54.6 Å². The standard InChI is InChI=1S/C38H48N2O4/c1-4-6-20-40(33-14-9-11-28(5-2)22-33)34(29-12-10-13-29)26-39-25-31(30-17-18-37-38(24-30)44-27-43-37)23-32(39)19-21-42-36-16-8-7-15-35(36)41-3/h7-9,11,14-18,22,24,31-32H,4-6,10,12-13,19-21,23,25-27H2,1-3H3. The number of benzene rings is 3. The minimum Gasteiger partial charge on any atom is -0.493 e. The highest BCUT2D eigenvalue weighted by molar-refractivity contribution is 5.55. The van der Waals surface area contributed by atoms with Crippen LogP contribution in [0.4, 0.5) is 5.69 Å². The summed E-state index contributed by atoms with van der Waals surface area (Å²) in [6.07, 6.45) is 9.21. The summed E-state index contributed by atoms with van der Waals surface area (Å²) >= 11 is 0. The Balaban J connectivity index is 1.26. The van der Waals surface area contributed by atoms with E-state index in [1.54, 1.807) is 12.7 Å². The lowest BCUT2D eigenvalue weighted by atomic mass is 9.89. The molecule has 6 nitrogen and oxygen atoms in total. The van der Waals surface area contributed by atoms with Gasteiger partial charge in [-0.15, -0.1) is 0 Å². The van der Waals surface area contributed by atoms with Crippen molar-refractivity contribution in [3.05, 3.63) is 89.1 Å². The first-order valence-corrected chi connectivity index (χ1v) is 16.6. The second kappa shape index (κ2) is 14.4. The smallest absolute Gasteiger partial charge is 0.231 e. The molecule has 2 heterocycles. The van der Waals surface area contributed by atoms with Gasteiger partial charge in [0.05, 0.1) is 13.7 Å². The summed E-state index contributed by atoms with van der Waals surface area (Å²) in [6.45, 7) is 8.55. The molecule has 1 saturated heterocycles. The molecule has 2 fully saturated rings. The quantitative estimate of drug-likeness (QED) is 0.186. The third kappa shape index (κ3) is 6.86. The largest absolute Gasteiger partial charge is 0.493 e. The molecule has 3 aromatic carbocycles. The van der Waals surface area contributed by atoms with E-state index in [4.69, 9.17) is 18.9 Å². The average Bonchev–Trinajstić information content (AvgIpc) is 3.67. The molecule has 2 unspecified atom stereocenters. The molecular formula is C38H48N2O4. The predicted molar refractivity (Wildman–Crippen MR) is 177 cm³/mol. The summed E-state index contributed by atoms with van der Waals surface area (Å²) < 4.78 is 23.2. The molecule has 0 amide bonds. The Morgan fingerprint density at radius 2 is 1.80 bits per heavy atom. The molecule has 234 valence electrons. The molecule has 44 heavy (non-hydrogen) atoms. The summed E-state index contributed by atoms with van der Waals surface area (Å²) in [4.78, 5) is 5.40. The van der Waals surface area contributed by atoms with Crippen LogP contribution in [0.3, 0.4) is 0 Å². The van der Waals surface area contributed by atoms with Crippen molar-refractivity contribution in [2.24, 2.45) is 0 Å². The second-order valence-electron chi connectivity index (χ2n) is 12.3. The van der Waals surface area contributed by atoms with Crippen molar-refractivity contribution in [1.29, 1.82) is 0 Å². The minimum atomic E-state index is 0.308. The van der Waals surface area contributed by atoms with Gasteiger partial charge in [-0.25, -0.2) is 0 Å².